The van der Waals surface area contributed by atoms with Crippen LogP contribution >= 0.6 is 11.6 Å². The van der Waals surface area contributed by atoms with Crippen molar-refractivity contribution in [1.29, 1.82) is 0 Å². The summed E-state index contributed by atoms with van der Waals surface area (Å²) in [6, 6.07) is 5.17. The van der Waals surface area contributed by atoms with Crippen LogP contribution in [0.1, 0.15) is 50.0 Å². The van der Waals surface area contributed by atoms with Gasteiger partial charge in [0.1, 0.15) is 10.8 Å². The normalized spacial score (nSPS) is 10.4. The number of halogens is 1. The minimum Gasteiger partial charge on any atom is -0.337 e. The fourth-order valence-electron chi connectivity index (χ4n) is 1.70. The first-order valence-electron chi connectivity index (χ1n) is 6.60. The van der Waals surface area contributed by atoms with Crippen LogP contribution in [-0.4, -0.2) is 28.9 Å². The minimum atomic E-state index is -0.0144. The fourth-order valence-corrected chi connectivity index (χ4v) is 1.87. The van der Waals surface area contributed by atoms with Gasteiger partial charge in [-0.15, -0.1) is 0 Å². The van der Waals surface area contributed by atoms with E-state index in [9.17, 15) is 4.79 Å². The molecule has 3 nitrogen and oxygen atoms in total. The zero-order chi connectivity index (χ0) is 13.4. The number of aromatic nitrogens is 1. The van der Waals surface area contributed by atoms with Gasteiger partial charge in [0.15, 0.2) is 0 Å². The van der Waals surface area contributed by atoms with Crippen LogP contribution in [0.25, 0.3) is 0 Å². The highest BCUT2D eigenvalue weighted by Gasteiger charge is 2.16. The number of amides is 1. The summed E-state index contributed by atoms with van der Waals surface area (Å²) in [7, 11) is 0. The van der Waals surface area contributed by atoms with Crippen LogP contribution in [0.4, 0.5) is 0 Å². The molecule has 0 radical (unpaired) electrons. The van der Waals surface area contributed by atoms with E-state index < -0.39 is 0 Å². The Labute approximate surface area is 114 Å². The van der Waals surface area contributed by atoms with E-state index >= 15 is 0 Å². The molecule has 1 aromatic heterocycles. The third-order valence-corrected chi connectivity index (χ3v) is 3.00. The standard InChI is InChI=1S/C14H21ClN2O/c1-3-5-10-17(11-6-4-2)14(18)12-8-7-9-13(15)16-12/h7-9H,3-6,10-11H2,1-2H3. The highest BCUT2D eigenvalue weighted by Crippen LogP contribution is 2.09. The quantitative estimate of drug-likeness (QED) is 0.705. The third-order valence-electron chi connectivity index (χ3n) is 2.78. The molecular formula is C14H21ClN2O. The molecule has 0 aliphatic rings. The van der Waals surface area contributed by atoms with Crippen LogP contribution in [0.3, 0.4) is 0 Å². The molecule has 0 atom stereocenters. The Bertz CT molecular complexity index is 374. The van der Waals surface area contributed by atoms with Gasteiger partial charge < -0.3 is 4.90 Å². The van der Waals surface area contributed by atoms with Gasteiger partial charge in [-0.3, -0.25) is 4.79 Å². The molecule has 0 aromatic carbocycles. The molecule has 1 rings (SSSR count). The predicted octanol–water partition coefficient (Wildman–Crippen LogP) is 3.78. The van der Waals surface area contributed by atoms with Crippen molar-refractivity contribution in [2.24, 2.45) is 0 Å². The number of pyridine rings is 1. The predicted molar refractivity (Wildman–Crippen MR) is 75.0 cm³/mol. The summed E-state index contributed by atoms with van der Waals surface area (Å²) in [5, 5.41) is 0.367. The average molecular weight is 269 g/mol. The molecule has 0 aliphatic heterocycles. The van der Waals surface area contributed by atoms with Crippen molar-refractivity contribution in [3.63, 3.8) is 0 Å². The minimum absolute atomic E-state index is 0.0144. The molecule has 18 heavy (non-hydrogen) atoms. The summed E-state index contributed by atoms with van der Waals surface area (Å²) < 4.78 is 0. The van der Waals surface area contributed by atoms with Crippen LogP contribution < -0.4 is 0 Å². The number of carbonyl (C=O) groups is 1. The average Bonchev–Trinajstić information content (AvgIpc) is 2.38. The second-order valence-electron chi connectivity index (χ2n) is 4.34. The molecule has 0 N–H and O–H groups in total. The second-order valence-corrected chi connectivity index (χ2v) is 4.73. The monoisotopic (exact) mass is 268 g/mol. The van der Waals surface area contributed by atoms with Gasteiger partial charge in [-0.05, 0) is 25.0 Å². The summed E-state index contributed by atoms with van der Waals surface area (Å²) in [5.74, 6) is -0.0144. The molecule has 1 heterocycles. The second kappa shape index (κ2) is 8.09. The lowest BCUT2D eigenvalue weighted by molar-refractivity contribution is 0.0745. The molecule has 1 aromatic rings. The third kappa shape index (κ3) is 4.65. The molecular weight excluding hydrogens is 248 g/mol. The SMILES string of the molecule is CCCCN(CCCC)C(=O)c1cccc(Cl)n1. The first kappa shape index (κ1) is 15.0. The lowest BCUT2D eigenvalue weighted by atomic mass is 10.2. The molecule has 0 aliphatic carbocycles. The molecule has 0 unspecified atom stereocenters. The van der Waals surface area contributed by atoms with E-state index in [0.717, 1.165) is 38.8 Å². The molecule has 0 saturated carbocycles. The number of hydrogen-bond donors (Lipinski definition) is 0. The number of rotatable bonds is 7. The van der Waals surface area contributed by atoms with Crippen molar-refractivity contribution in [2.45, 2.75) is 39.5 Å². The van der Waals surface area contributed by atoms with Crippen LogP contribution in [0.5, 0.6) is 0 Å². The molecule has 0 saturated heterocycles. The van der Waals surface area contributed by atoms with Gasteiger partial charge >= 0.3 is 0 Å². The molecule has 0 bridgehead atoms. The first-order chi connectivity index (χ1) is 8.69. The van der Waals surface area contributed by atoms with E-state index in [2.05, 4.69) is 18.8 Å². The van der Waals surface area contributed by atoms with Crippen molar-refractivity contribution < 1.29 is 4.79 Å². The Kier molecular flexibility index (Phi) is 6.73. The first-order valence-corrected chi connectivity index (χ1v) is 6.98. The summed E-state index contributed by atoms with van der Waals surface area (Å²) in [5.41, 5.74) is 0.440. The Morgan fingerprint density at radius 1 is 1.22 bits per heavy atom. The summed E-state index contributed by atoms with van der Waals surface area (Å²) in [4.78, 5) is 18.3. The van der Waals surface area contributed by atoms with Crippen molar-refractivity contribution in [3.05, 3.63) is 29.0 Å². The van der Waals surface area contributed by atoms with Crippen LogP contribution in [0, 0.1) is 0 Å². The van der Waals surface area contributed by atoms with Gasteiger partial charge in [-0.1, -0.05) is 44.4 Å². The molecule has 4 heteroatoms. The van der Waals surface area contributed by atoms with E-state index in [0.29, 0.717) is 10.8 Å². The maximum Gasteiger partial charge on any atom is 0.272 e. The number of unbranched alkanes of at least 4 members (excludes halogenated alkanes) is 2. The van der Waals surface area contributed by atoms with Gasteiger partial charge in [0.25, 0.3) is 5.91 Å². The Morgan fingerprint density at radius 3 is 2.33 bits per heavy atom. The summed E-state index contributed by atoms with van der Waals surface area (Å²) >= 11 is 5.82. The molecule has 0 fully saturated rings. The van der Waals surface area contributed by atoms with Gasteiger partial charge in [0.05, 0.1) is 0 Å². The number of nitrogens with zero attached hydrogens (tertiary/aromatic N) is 2. The van der Waals surface area contributed by atoms with Gasteiger partial charge in [0.2, 0.25) is 0 Å². The van der Waals surface area contributed by atoms with Crippen LogP contribution in [0.2, 0.25) is 5.15 Å². The summed E-state index contributed by atoms with van der Waals surface area (Å²) in [6.07, 6.45) is 4.21. The number of hydrogen-bond acceptors (Lipinski definition) is 2. The highest BCUT2D eigenvalue weighted by molar-refractivity contribution is 6.29. The van der Waals surface area contributed by atoms with Crippen molar-refractivity contribution >= 4 is 17.5 Å². The van der Waals surface area contributed by atoms with E-state index in [1.54, 1.807) is 18.2 Å². The van der Waals surface area contributed by atoms with Gasteiger partial charge in [-0.2, -0.15) is 0 Å². The maximum atomic E-state index is 12.3. The Balaban J connectivity index is 2.73. The maximum absolute atomic E-state index is 12.3. The van der Waals surface area contributed by atoms with E-state index in [-0.39, 0.29) is 5.91 Å². The number of carbonyl (C=O) groups excluding carboxylic acids is 1. The zero-order valence-electron chi connectivity index (χ0n) is 11.2. The molecule has 1 amide bonds. The molecule has 0 spiro atoms. The molecule has 100 valence electrons. The van der Waals surface area contributed by atoms with Gasteiger partial charge in [0, 0.05) is 13.1 Å². The smallest absolute Gasteiger partial charge is 0.272 e. The topological polar surface area (TPSA) is 33.2 Å². The van der Waals surface area contributed by atoms with Gasteiger partial charge in [-0.25, -0.2) is 4.98 Å². The zero-order valence-corrected chi connectivity index (χ0v) is 11.9. The lowest BCUT2D eigenvalue weighted by Crippen LogP contribution is -2.33. The van der Waals surface area contributed by atoms with E-state index in [1.807, 2.05) is 4.90 Å². The van der Waals surface area contributed by atoms with E-state index in [1.165, 1.54) is 0 Å². The lowest BCUT2D eigenvalue weighted by Gasteiger charge is -2.22. The van der Waals surface area contributed by atoms with Crippen molar-refractivity contribution in [1.82, 2.24) is 9.88 Å². The van der Waals surface area contributed by atoms with Crippen molar-refractivity contribution in [3.8, 4) is 0 Å². The van der Waals surface area contributed by atoms with Crippen molar-refractivity contribution in [2.75, 3.05) is 13.1 Å². The Hall–Kier alpha value is -1.09. The fraction of sp³-hybridized carbons (Fsp3) is 0.571. The van der Waals surface area contributed by atoms with Crippen LogP contribution in [0.15, 0.2) is 18.2 Å². The highest BCUT2D eigenvalue weighted by atomic mass is 35.5. The Morgan fingerprint density at radius 2 is 1.83 bits per heavy atom. The largest absolute Gasteiger partial charge is 0.337 e. The van der Waals surface area contributed by atoms with Crippen LogP contribution in [-0.2, 0) is 0 Å². The van der Waals surface area contributed by atoms with E-state index in [4.69, 9.17) is 11.6 Å². The summed E-state index contributed by atoms with van der Waals surface area (Å²) in [6.45, 7) is 5.84.